The molecule has 0 aliphatic carbocycles. The van der Waals surface area contributed by atoms with Gasteiger partial charge in [-0.05, 0) is 32.9 Å². The lowest BCUT2D eigenvalue weighted by Gasteiger charge is -2.20. The normalized spacial score (nSPS) is 11.5. The van der Waals surface area contributed by atoms with Crippen molar-refractivity contribution in [3.05, 3.63) is 36.0 Å². The maximum Gasteiger partial charge on any atom is 0.257 e. The first-order valence-corrected chi connectivity index (χ1v) is 5.78. The van der Waals surface area contributed by atoms with Crippen molar-refractivity contribution in [2.45, 2.75) is 26.3 Å². The Bertz CT molecular complexity index is 600. The summed E-state index contributed by atoms with van der Waals surface area (Å²) in [7, 11) is 0. The maximum atomic E-state index is 12.0. The van der Waals surface area contributed by atoms with E-state index in [4.69, 9.17) is 0 Å². The molecule has 1 aromatic carbocycles. The van der Waals surface area contributed by atoms with E-state index in [-0.39, 0.29) is 22.8 Å². The molecule has 0 radical (unpaired) electrons. The molecule has 1 aromatic heterocycles. The molecule has 0 unspecified atom stereocenters. The molecule has 2 aromatic rings. The number of nitrogens with one attached hydrogen (secondary N) is 1. The minimum Gasteiger partial charge on any atom is -0.506 e. The largest absolute Gasteiger partial charge is 0.506 e. The van der Waals surface area contributed by atoms with E-state index in [0.29, 0.717) is 10.9 Å². The molecule has 0 aliphatic rings. The van der Waals surface area contributed by atoms with Crippen LogP contribution in [0.4, 0.5) is 0 Å². The first-order valence-electron chi connectivity index (χ1n) is 5.78. The summed E-state index contributed by atoms with van der Waals surface area (Å²) in [4.78, 5) is 16.2. The van der Waals surface area contributed by atoms with Crippen LogP contribution in [0.15, 0.2) is 30.5 Å². The predicted molar refractivity (Wildman–Crippen MR) is 70.6 cm³/mol. The minimum absolute atomic E-state index is 0.0256. The molecule has 0 bridgehead atoms. The van der Waals surface area contributed by atoms with Gasteiger partial charge in [0.05, 0.1) is 5.52 Å². The van der Waals surface area contributed by atoms with Crippen LogP contribution in [0.3, 0.4) is 0 Å². The van der Waals surface area contributed by atoms with Gasteiger partial charge in [0.1, 0.15) is 11.3 Å². The molecule has 2 N–H and O–H groups in total. The zero-order chi connectivity index (χ0) is 13.3. The molecule has 94 valence electrons. The molecule has 0 fully saturated rings. The summed E-state index contributed by atoms with van der Waals surface area (Å²) in [6.45, 7) is 5.66. The molecule has 0 atom stereocenters. The Balaban J connectivity index is 2.46. The number of amides is 1. The molecule has 1 heterocycles. The smallest absolute Gasteiger partial charge is 0.257 e. The van der Waals surface area contributed by atoms with Gasteiger partial charge in [0, 0.05) is 17.1 Å². The number of nitrogens with zero attached hydrogens (tertiary/aromatic N) is 1. The van der Waals surface area contributed by atoms with Crippen LogP contribution in [0.2, 0.25) is 0 Å². The Morgan fingerprint density at radius 2 is 1.94 bits per heavy atom. The monoisotopic (exact) mass is 244 g/mol. The quantitative estimate of drug-likeness (QED) is 0.810. The van der Waals surface area contributed by atoms with Gasteiger partial charge < -0.3 is 10.4 Å². The van der Waals surface area contributed by atoms with Gasteiger partial charge in [0.15, 0.2) is 0 Å². The summed E-state index contributed by atoms with van der Waals surface area (Å²) in [6.07, 6.45) is 1.40. The summed E-state index contributed by atoms with van der Waals surface area (Å²) in [5.41, 5.74) is 0.515. The lowest BCUT2D eigenvalue weighted by atomic mass is 10.1. The number of carbonyl (C=O) groups is 1. The van der Waals surface area contributed by atoms with Gasteiger partial charge in [0.25, 0.3) is 5.91 Å². The SMILES string of the molecule is CC(C)(C)NC(=O)c1cnc2ccccc2c1O. The number of benzene rings is 1. The number of hydrogen-bond acceptors (Lipinski definition) is 3. The van der Waals surface area contributed by atoms with Crippen molar-refractivity contribution >= 4 is 16.8 Å². The van der Waals surface area contributed by atoms with E-state index >= 15 is 0 Å². The van der Waals surface area contributed by atoms with E-state index in [1.165, 1.54) is 6.20 Å². The van der Waals surface area contributed by atoms with E-state index in [2.05, 4.69) is 10.3 Å². The highest BCUT2D eigenvalue weighted by molar-refractivity contribution is 6.02. The van der Waals surface area contributed by atoms with Crippen LogP contribution in [-0.2, 0) is 0 Å². The summed E-state index contributed by atoms with van der Waals surface area (Å²) in [5, 5.41) is 13.5. The van der Waals surface area contributed by atoms with Gasteiger partial charge in [-0.25, -0.2) is 0 Å². The summed E-state index contributed by atoms with van der Waals surface area (Å²) in [6, 6.07) is 7.17. The Morgan fingerprint density at radius 3 is 2.61 bits per heavy atom. The number of hydrogen-bond donors (Lipinski definition) is 2. The average molecular weight is 244 g/mol. The zero-order valence-electron chi connectivity index (χ0n) is 10.7. The highest BCUT2D eigenvalue weighted by atomic mass is 16.3. The molecule has 18 heavy (non-hydrogen) atoms. The highest BCUT2D eigenvalue weighted by Crippen LogP contribution is 2.26. The van der Waals surface area contributed by atoms with Gasteiger partial charge in [0.2, 0.25) is 0 Å². The van der Waals surface area contributed by atoms with Crippen LogP contribution in [0.25, 0.3) is 10.9 Å². The number of aromatic hydroxyl groups is 1. The van der Waals surface area contributed by atoms with Crippen molar-refractivity contribution in [1.82, 2.24) is 10.3 Å². The molecular formula is C14H16N2O2. The number of fused-ring (bicyclic) bond motifs is 1. The van der Waals surface area contributed by atoms with E-state index in [0.717, 1.165) is 0 Å². The fourth-order valence-electron chi connectivity index (χ4n) is 1.70. The van der Waals surface area contributed by atoms with E-state index in [1.807, 2.05) is 26.8 Å². The topological polar surface area (TPSA) is 62.2 Å². The van der Waals surface area contributed by atoms with Crippen LogP contribution in [-0.4, -0.2) is 21.5 Å². The molecule has 4 nitrogen and oxygen atoms in total. The fourth-order valence-corrected chi connectivity index (χ4v) is 1.70. The standard InChI is InChI=1S/C14H16N2O2/c1-14(2,3)16-13(18)10-8-15-11-7-5-4-6-9(11)12(10)17/h4-8H,1-3H3,(H,15,17)(H,16,18). The van der Waals surface area contributed by atoms with Crippen LogP contribution in [0.5, 0.6) is 5.75 Å². The second kappa shape index (κ2) is 4.29. The van der Waals surface area contributed by atoms with Crippen LogP contribution in [0.1, 0.15) is 31.1 Å². The van der Waals surface area contributed by atoms with Gasteiger partial charge in [-0.15, -0.1) is 0 Å². The molecule has 4 heteroatoms. The molecular weight excluding hydrogens is 228 g/mol. The van der Waals surface area contributed by atoms with Crippen LogP contribution in [0, 0.1) is 0 Å². The number of para-hydroxylation sites is 1. The lowest BCUT2D eigenvalue weighted by Crippen LogP contribution is -2.40. The van der Waals surface area contributed by atoms with E-state index < -0.39 is 0 Å². The van der Waals surface area contributed by atoms with Crippen molar-refractivity contribution in [3.63, 3.8) is 0 Å². The van der Waals surface area contributed by atoms with Crippen LogP contribution >= 0.6 is 0 Å². The van der Waals surface area contributed by atoms with Gasteiger partial charge in [-0.1, -0.05) is 12.1 Å². The fraction of sp³-hybridized carbons (Fsp3) is 0.286. The number of pyridine rings is 1. The molecule has 0 saturated heterocycles. The Labute approximate surface area is 106 Å². The summed E-state index contributed by atoms with van der Waals surface area (Å²) >= 11 is 0. The minimum atomic E-state index is -0.352. The Morgan fingerprint density at radius 1 is 1.28 bits per heavy atom. The number of carbonyl (C=O) groups excluding carboxylic acids is 1. The third kappa shape index (κ3) is 2.42. The van der Waals surface area contributed by atoms with Crippen molar-refractivity contribution < 1.29 is 9.90 Å². The average Bonchev–Trinajstić information content (AvgIpc) is 2.27. The van der Waals surface area contributed by atoms with Crippen molar-refractivity contribution in [2.75, 3.05) is 0 Å². The summed E-state index contributed by atoms with van der Waals surface area (Å²) < 4.78 is 0. The maximum absolute atomic E-state index is 12.0. The molecule has 0 spiro atoms. The molecule has 0 saturated carbocycles. The van der Waals surface area contributed by atoms with Crippen molar-refractivity contribution in [1.29, 1.82) is 0 Å². The van der Waals surface area contributed by atoms with Crippen molar-refractivity contribution in [3.8, 4) is 5.75 Å². The highest BCUT2D eigenvalue weighted by Gasteiger charge is 2.19. The Hall–Kier alpha value is -2.10. The Kier molecular flexibility index (Phi) is 2.95. The first-order chi connectivity index (χ1) is 8.38. The third-order valence-electron chi connectivity index (χ3n) is 2.48. The van der Waals surface area contributed by atoms with Crippen molar-refractivity contribution in [2.24, 2.45) is 0 Å². The third-order valence-corrected chi connectivity index (χ3v) is 2.48. The number of rotatable bonds is 1. The summed E-state index contributed by atoms with van der Waals surface area (Å²) in [5.74, 6) is -0.347. The van der Waals surface area contributed by atoms with Gasteiger partial charge in [-0.2, -0.15) is 0 Å². The first kappa shape index (κ1) is 12.4. The number of aromatic nitrogens is 1. The molecule has 0 aliphatic heterocycles. The van der Waals surface area contributed by atoms with Gasteiger partial charge in [-0.3, -0.25) is 9.78 Å². The van der Waals surface area contributed by atoms with E-state index in [1.54, 1.807) is 18.2 Å². The van der Waals surface area contributed by atoms with E-state index in [9.17, 15) is 9.90 Å². The second-order valence-corrected chi connectivity index (χ2v) is 5.24. The second-order valence-electron chi connectivity index (χ2n) is 5.24. The lowest BCUT2D eigenvalue weighted by molar-refractivity contribution is 0.0917. The predicted octanol–water partition coefficient (Wildman–Crippen LogP) is 2.47. The molecule has 1 amide bonds. The molecule has 2 rings (SSSR count). The van der Waals surface area contributed by atoms with Gasteiger partial charge >= 0.3 is 0 Å². The van der Waals surface area contributed by atoms with Crippen LogP contribution < -0.4 is 5.32 Å². The zero-order valence-corrected chi connectivity index (χ0v) is 10.7.